The van der Waals surface area contributed by atoms with E-state index in [1.165, 1.54) is 0 Å². The summed E-state index contributed by atoms with van der Waals surface area (Å²) in [6, 6.07) is 19.2. The van der Waals surface area contributed by atoms with Crippen molar-refractivity contribution in [3.63, 3.8) is 0 Å². The summed E-state index contributed by atoms with van der Waals surface area (Å²) in [5.74, 6) is -0.215. The zero-order valence-electron chi connectivity index (χ0n) is 20.6. The standard InChI is InChI=1S/C29H33NO5/c1-4-5-14-25-24(22-13-9-10-19(2)15-22)17-26(35-25)27(31)20(3)28(32)30-23(18-34-29(30)33)16-21-11-7-6-8-12-21/h6-13,15,17,20,23,27,31H,4-5,14,16,18H2,1-3H3/t20-,23-,27-/m0/s1. The number of carbonyl (C=O) groups excluding carboxylic acids is 2. The summed E-state index contributed by atoms with van der Waals surface area (Å²) < 4.78 is 11.3. The molecular formula is C29H33NO5. The Morgan fingerprint density at radius 1 is 1.14 bits per heavy atom. The lowest BCUT2D eigenvalue weighted by atomic mass is 9.97. The molecule has 2 aromatic carbocycles. The van der Waals surface area contributed by atoms with Gasteiger partial charge in [-0.3, -0.25) is 4.79 Å². The highest BCUT2D eigenvalue weighted by atomic mass is 16.6. The first-order valence-electron chi connectivity index (χ1n) is 12.3. The van der Waals surface area contributed by atoms with E-state index in [4.69, 9.17) is 9.15 Å². The Balaban J connectivity index is 1.56. The summed E-state index contributed by atoms with van der Waals surface area (Å²) in [6.07, 6.45) is 1.36. The molecule has 35 heavy (non-hydrogen) atoms. The van der Waals surface area contributed by atoms with Gasteiger partial charge in [-0.15, -0.1) is 0 Å². The van der Waals surface area contributed by atoms with Crippen molar-refractivity contribution < 1.29 is 23.8 Å². The third-order valence-electron chi connectivity index (χ3n) is 6.58. The maximum absolute atomic E-state index is 13.4. The summed E-state index contributed by atoms with van der Waals surface area (Å²) in [4.78, 5) is 27.0. The molecule has 0 saturated carbocycles. The molecule has 2 amide bonds. The first-order valence-corrected chi connectivity index (χ1v) is 12.3. The van der Waals surface area contributed by atoms with E-state index in [0.717, 1.165) is 52.2 Å². The van der Waals surface area contributed by atoms with E-state index in [2.05, 4.69) is 13.0 Å². The van der Waals surface area contributed by atoms with Crippen molar-refractivity contribution in [2.24, 2.45) is 5.92 Å². The summed E-state index contributed by atoms with van der Waals surface area (Å²) in [6.45, 7) is 5.92. The molecular weight excluding hydrogens is 442 g/mol. The van der Waals surface area contributed by atoms with Crippen LogP contribution in [0, 0.1) is 12.8 Å². The van der Waals surface area contributed by atoms with Crippen LogP contribution in [0.1, 0.15) is 55.4 Å². The minimum Gasteiger partial charge on any atom is -0.463 e. The Morgan fingerprint density at radius 3 is 2.63 bits per heavy atom. The van der Waals surface area contributed by atoms with E-state index < -0.39 is 30.1 Å². The molecule has 0 unspecified atom stereocenters. The number of nitrogens with zero attached hydrogens (tertiary/aromatic N) is 1. The van der Waals surface area contributed by atoms with Crippen molar-refractivity contribution in [2.75, 3.05) is 6.61 Å². The number of unbranched alkanes of at least 4 members (excludes halogenated alkanes) is 1. The second-order valence-electron chi connectivity index (χ2n) is 9.32. The lowest BCUT2D eigenvalue weighted by molar-refractivity contribution is -0.137. The van der Waals surface area contributed by atoms with Gasteiger partial charge in [0.2, 0.25) is 5.91 Å². The molecule has 0 radical (unpaired) electrons. The molecule has 184 valence electrons. The van der Waals surface area contributed by atoms with Crippen LogP contribution in [0.2, 0.25) is 0 Å². The highest BCUT2D eigenvalue weighted by Crippen LogP contribution is 2.35. The summed E-state index contributed by atoms with van der Waals surface area (Å²) >= 11 is 0. The van der Waals surface area contributed by atoms with E-state index in [1.54, 1.807) is 6.92 Å². The van der Waals surface area contributed by atoms with Gasteiger partial charge in [-0.25, -0.2) is 9.69 Å². The van der Waals surface area contributed by atoms with Crippen LogP contribution in [0.3, 0.4) is 0 Å². The van der Waals surface area contributed by atoms with Crippen molar-refractivity contribution in [1.29, 1.82) is 0 Å². The SMILES string of the molecule is CCCCc1oc([C@@H](O)[C@H](C)C(=O)N2C(=O)OC[C@@H]2Cc2ccccc2)cc1-c1cccc(C)c1. The Morgan fingerprint density at radius 2 is 1.91 bits per heavy atom. The molecule has 1 aliphatic rings. The molecule has 1 fully saturated rings. The minimum absolute atomic E-state index is 0.141. The highest BCUT2D eigenvalue weighted by molar-refractivity contribution is 5.95. The van der Waals surface area contributed by atoms with E-state index >= 15 is 0 Å². The van der Waals surface area contributed by atoms with Gasteiger partial charge < -0.3 is 14.3 Å². The number of cyclic esters (lactones) is 1. The highest BCUT2D eigenvalue weighted by Gasteiger charge is 2.42. The number of benzene rings is 2. The molecule has 6 nitrogen and oxygen atoms in total. The minimum atomic E-state index is -1.19. The fraction of sp³-hybridized carbons (Fsp3) is 0.379. The topological polar surface area (TPSA) is 80.0 Å². The number of aryl methyl sites for hydroxylation is 2. The molecule has 1 aliphatic heterocycles. The number of ether oxygens (including phenoxy) is 1. The van der Waals surface area contributed by atoms with Gasteiger partial charge in [0, 0.05) is 12.0 Å². The van der Waals surface area contributed by atoms with E-state index in [0.29, 0.717) is 12.2 Å². The van der Waals surface area contributed by atoms with Crippen LogP contribution < -0.4 is 0 Å². The number of imide groups is 1. The third kappa shape index (κ3) is 5.49. The van der Waals surface area contributed by atoms with Crippen molar-refractivity contribution in [2.45, 2.75) is 58.6 Å². The zero-order chi connectivity index (χ0) is 24.9. The number of aliphatic hydroxyl groups is 1. The first kappa shape index (κ1) is 24.7. The van der Waals surface area contributed by atoms with Gasteiger partial charge in [0.1, 0.15) is 24.2 Å². The summed E-state index contributed by atoms with van der Waals surface area (Å²) in [5, 5.41) is 11.2. The van der Waals surface area contributed by atoms with Crippen molar-refractivity contribution >= 4 is 12.0 Å². The van der Waals surface area contributed by atoms with Gasteiger partial charge in [0.25, 0.3) is 0 Å². The predicted octanol–water partition coefficient (Wildman–Crippen LogP) is 5.86. The van der Waals surface area contributed by atoms with Gasteiger partial charge in [-0.1, -0.05) is 80.4 Å². The molecule has 1 saturated heterocycles. The van der Waals surface area contributed by atoms with Gasteiger partial charge in [0.05, 0.1) is 12.0 Å². The number of rotatable bonds is 9. The predicted molar refractivity (Wildman–Crippen MR) is 134 cm³/mol. The average Bonchev–Trinajstić information content (AvgIpc) is 3.45. The maximum Gasteiger partial charge on any atom is 0.416 e. The van der Waals surface area contributed by atoms with Gasteiger partial charge in [-0.2, -0.15) is 0 Å². The molecule has 2 heterocycles. The Bertz CT molecular complexity index is 1170. The summed E-state index contributed by atoms with van der Waals surface area (Å²) in [5.41, 5.74) is 4.09. The van der Waals surface area contributed by atoms with Crippen LogP contribution in [-0.2, 0) is 22.4 Å². The Hall–Kier alpha value is -3.38. The number of carbonyl (C=O) groups is 2. The molecule has 3 aromatic rings. The second kappa shape index (κ2) is 10.9. The normalized spacial score (nSPS) is 17.3. The molecule has 0 spiro atoms. The third-order valence-corrected chi connectivity index (χ3v) is 6.58. The molecule has 0 bridgehead atoms. The first-order chi connectivity index (χ1) is 16.9. The Labute approximate surface area is 206 Å². The fourth-order valence-electron chi connectivity index (χ4n) is 4.54. The van der Waals surface area contributed by atoms with Gasteiger partial charge in [-0.05, 0) is 37.0 Å². The zero-order valence-corrected chi connectivity index (χ0v) is 20.6. The molecule has 1 aromatic heterocycles. The molecule has 6 heteroatoms. The van der Waals surface area contributed by atoms with Gasteiger partial charge >= 0.3 is 6.09 Å². The number of furan rings is 1. The lowest BCUT2D eigenvalue weighted by Gasteiger charge is -2.25. The van der Waals surface area contributed by atoms with Crippen molar-refractivity contribution in [3.8, 4) is 11.1 Å². The van der Waals surface area contributed by atoms with E-state index in [1.807, 2.05) is 61.5 Å². The Kier molecular flexibility index (Phi) is 7.71. The van der Waals surface area contributed by atoms with Crippen LogP contribution in [-0.4, -0.2) is 34.7 Å². The van der Waals surface area contributed by atoms with Crippen LogP contribution in [0.5, 0.6) is 0 Å². The van der Waals surface area contributed by atoms with Crippen molar-refractivity contribution in [1.82, 2.24) is 4.90 Å². The lowest BCUT2D eigenvalue weighted by Crippen LogP contribution is -2.44. The molecule has 0 aliphatic carbocycles. The molecule has 1 N–H and O–H groups in total. The van der Waals surface area contributed by atoms with E-state index in [-0.39, 0.29) is 6.61 Å². The summed E-state index contributed by atoms with van der Waals surface area (Å²) in [7, 11) is 0. The average molecular weight is 476 g/mol. The number of aliphatic hydroxyl groups excluding tert-OH is 1. The molecule has 3 atom stereocenters. The number of amides is 2. The second-order valence-corrected chi connectivity index (χ2v) is 9.32. The fourth-order valence-corrected chi connectivity index (χ4v) is 4.54. The largest absolute Gasteiger partial charge is 0.463 e. The van der Waals surface area contributed by atoms with Crippen LogP contribution >= 0.6 is 0 Å². The monoisotopic (exact) mass is 475 g/mol. The smallest absolute Gasteiger partial charge is 0.416 e. The van der Waals surface area contributed by atoms with Crippen LogP contribution in [0.25, 0.3) is 11.1 Å². The van der Waals surface area contributed by atoms with Crippen molar-refractivity contribution in [3.05, 3.63) is 83.3 Å². The van der Waals surface area contributed by atoms with Crippen LogP contribution in [0.15, 0.2) is 65.1 Å². The maximum atomic E-state index is 13.4. The van der Waals surface area contributed by atoms with Gasteiger partial charge in [0.15, 0.2) is 0 Å². The number of hydrogen-bond donors (Lipinski definition) is 1. The molecule has 4 rings (SSSR count). The quantitative estimate of drug-likeness (QED) is 0.419. The van der Waals surface area contributed by atoms with Crippen LogP contribution in [0.4, 0.5) is 4.79 Å². The van der Waals surface area contributed by atoms with E-state index in [9.17, 15) is 14.7 Å². The number of hydrogen-bond acceptors (Lipinski definition) is 5.